The predicted octanol–water partition coefficient (Wildman–Crippen LogP) is 12.3. The quantitative estimate of drug-likeness (QED) is 0.177. The standard InChI is InChI=1S/C49H30N2O/c1-2-13-32(14-3-1)48-50-44(34-24-26-37-33(28-34)23-22-31-12-4-5-15-36(31)37)30-45(51-48)35-25-27-43-47(29-35)52-46-21-11-10-20-42(46)49(43)40-18-8-6-16-38(40)39-17-7-9-19-41(39)49/h1-30H. The van der Waals surface area contributed by atoms with Crippen molar-refractivity contribution in [1.29, 1.82) is 0 Å². The van der Waals surface area contributed by atoms with Gasteiger partial charge in [0.05, 0.1) is 16.8 Å². The third kappa shape index (κ3) is 4.14. The van der Waals surface area contributed by atoms with Crippen LogP contribution in [0.5, 0.6) is 11.5 Å². The normalized spacial score (nSPS) is 13.3. The third-order valence-corrected chi connectivity index (χ3v) is 10.9. The van der Waals surface area contributed by atoms with Crippen molar-refractivity contribution in [2.75, 3.05) is 0 Å². The lowest BCUT2D eigenvalue weighted by Crippen LogP contribution is -2.32. The van der Waals surface area contributed by atoms with E-state index in [1.165, 1.54) is 43.8 Å². The van der Waals surface area contributed by atoms with E-state index < -0.39 is 5.41 Å². The van der Waals surface area contributed by atoms with Crippen LogP contribution in [0.15, 0.2) is 182 Å². The van der Waals surface area contributed by atoms with E-state index in [0.717, 1.165) is 50.7 Å². The van der Waals surface area contributed by atoms with Gasteiger partial charge in [-0.2, -0.15) is 0 Å². The van der Waals surface area contributed by atoms with Crippen LogP contribution in [0.25, 0.3) is 66.6 Å². The van der Waals surface area contributed by atoms with Gasteiger partial charge in [0, 0.05) is 27.8 Å². The Bertz CT molecular complexity index is 2850. The Labute approximate surface area is 301 Å². The van der Waals surface area contributed by atoms with E-state index in [4.69, 9.17) is 14.7 Å². The largest absolute Gasteiger partial charge is 0.457 e. The molecule has 1 spiro atoms. The molecule has 0 fully saturated rings. The second kappa shape index (κ2) is 11.1. The van der Waals surface area contributed by atoms with E-state index in [9.17, 15) is 0 Å². The fourth-order valence-electron chi connectivity index (χ4n) is 8.65. The van der Waals surface area contributed by atoms with E-state index in [2.05, 4.69) is 164 Å². The van der Waals surface area contributed by atoms with E-state index in [-0.39, 0.29) is 0 Å². The first-order chi connectivity index (χ1) is 25.8. The molecule has 0 saturated heterocycles. The third-order valence-electron chi connectivity index (χ3n) is 10.9. The smallest absolute Gasteiger partial charge is 0.160 e. The van der Waals surface area contributed by atoms with Gasteiger partial charge in [-0.15, -0.1) is 0 Å². The molecule has 242 valence electrons. The minimum atomic E-state index is -0.503. The van der Waals surface area contributed by atoms with Crippen LogP contribution in [0, 0.1) is 0 Å². The first-order valence-electron chi connectivity index (χ1n) is 17.7. The fraction of sp³-hybridized carbons (Fsp3) is 0.0204. The summed E-state index contributed by atoms with van der Waals surface area (Å²) in [7, 11) is 0. The molecule has 0 bridgehead atoms. The molecule has 0 saturated carbocycles. The number of nitrogens with zero attached hydrogens (tertiary/aromatic N) is 2. The van der Waals surface area contributed by atoms with Gasteiger partial charge >= 0.3 is 0 Å². The van der Waals surface area contributed by atoms with Crippen molar-refractivity contribution in [3.8, 4) is 56.5 Å². The molecule has 1 aromatic heterocycles. The number of para-hydroxylation sites is 1. The Hall–Kier alpha value is -6.84. The summed E-state index contributed by atoms with van der Waals surface area (Å²) in [5.41, 5.74) is 11.6. The van der Waals surface area contributed by atoms with E-state index in [1.54, 1.807) is 0 Å². The van der Waals surface area contributed by atoms with Crippen LogP contribution in [0.2, 0.25) is 0 Å². The van der Waals surface area contributed by atoms with Crippen LogP contribution in [0.3, 0.4) is 0 Å². The van der Waals surface area contributed by atoms with Gasteiger partial charge in [-0.3, -0.25) is 0 Å². The number of fused-ring (bicyclic) bond motifs is 12. The summed E-state index contributed by atoms with van der Waals surface area (Å²) in [5.74, 6) is 2.39. The molecule has 0 atom stereocenters. The SMILES string of the molecule is c1ccc(-c2nc(-c3ccc4c(c3)Oc3ccccc3C43c4ccccc4-c4ccccc43)cc(-c3ccc4c(ccc5ccccc54)c3)n2)cc1. The van der Waals surface area contributed by atoms with Crippen molar-refractivity contribution in [2.45, 2.75) is 5.41 Å². The van der Waals surface area contributed by atoms with E-state index in [1.807, 2.05) is 18.2 Å². The molecule has 1 aliphatic carbocycles. The molecule has 2 heterocycles. The van der Waals surface area contributed by atoms with Gasteiger partial charge in [0.2, 0.25) is 0 Å². The zero-order chi connectivity index (χ0) is 34.2. The monoisotopic (exact) mass is 662 g/mol. The highest BCUT2D eigenvalue weighted by atomic mass is 16.5. The molecule has 0 radical (unpaired) electrons. The second-order valence-corrected chi connectivity index (χ2v) is 13.7. The lowest BCUT2D eigenvalue weighted by atomic mass is 9.66. The Morgan fingerprint density at radius 2 is 0.942 bits per heavy atom. The predicted molar refractivity (Wildman–Crippen MR) is 211 cm³/mol. The van der Waals surface area contributed by atoms with Crippen LogP contribution >= 0.6 is 0 Å². The molecule has 0 unspecified atom stereocenters. The minimum absolute atomic E-state index is 0.503. The van der Waals surface area contributed by atoms with E-state index in [0.29, 0.717) is 5.82 Å². The summed E-state index contributed by atoms with van der Waals surface area (Å²) in [6.07, 6.45) is 0. The zero-order valence-corrected chi connectivity index (χ0v) is 28.1. The number of hydrogen-bond acceptors (Lipinski definition) is 3. The van der Waals surface area contributed by atoms with Gasteiger partial charge in [-0.1, -0.05) is 158 Å². The van der Waals surface area contributed by atoms with Crippen LogP contribution in [-0.2, 0) is 5.41 Å². The molecule has 1 aliphatic heterocycles. The van der Waals surface area contributed by atoms with Crippen molar-refractivity contribution in [2.24, 2.45) is 0 Å². The maximum absolute atomic E-state index is 6.83. The lowest BCUT2D eigenvalue weighted by Gasteiger charge is -2.39. The molecule has 0 amide bonds. The molecule has 8 aromatic carbocycles. The average Bonchev–Trinajstić information content (AvgIpc) is 3.51. The van der Waals surface area contributed by atoms with Gasteiger partial charge in [0.25, 0.3) is 0 Å². The second-order valence-electron chi connectivity index (χ2n) is 13.7. The van der Waals surface area contributed by atoms with Gasteiger partial charge in [0.15, 0.2) is 5.82 Å². The maximum atomic E-state index is 6.83. The minimum Gasteiger partial charge on any atom is -0.457 e. The summed E-state index contributed by atoms with van der Waals surface area (Å²) in [6.45, 7) is 0. The van der Waals surface area contributed by atoms with Crippen molar-refractivity contribution in [3.63, 3.8) is 0 Å². The summed E-state index contributed by atoms with van der Waals surface area (Å²) in [4.78, 5) is 10.3. The first kappa shape index (κ1) is 28.9. The summed E-state index contributed by atoms with van der Waals surface area (Å²) in [5, 5.41) is 4.90. The number of rotatable bonds is 3. The van der Waals surface area contributed by atoms with Crippen LogP contribution < -0.4 is 4.74 Å². The summed E-state index contributed by atoms with van der Waals surface area (Å²) < 4.78 is 6.83. The van der Waals surface area contributed by atoms with E-state index >= 15 is 0 Å². The zero-order valence-electron chi connectivity index (χ0n) is 28.1. The highest BCUT2D eigenvalue weighted by Crippen LogP contribution is 2.62. The van der Waals surface area contributed by atoms with Gasteiger partial charge in [-0.25, -0.2) is 9.97 Å². The van der Waals surface area contributed by atoms with Crippen molar-refractivity contribution in [1.82, 2.24) is 9.97 Å². The molecular weight excluding hydrogens is 633 g/mol. The van der Waals surface area contributed by atoms with Crippen molar-refractivity contribution < 1.29 is 4.74 Å². The topological polar surface area (TPSA) is 35.0 Å². The van der Waals surface area contributed by atoms with Crippen molar-refractivity contribution >= 4 is 21.5 Å². The first-order valence-corrected chi connectivity index (χ1v) is 17.7. The van der Waals surface area contributed by atoms with Crippen LogP contribution in [0.4, 0.5) is 0 Å². The Morgan fingerprint density at radius 1 is 0.365 bits per heavy atom. The van der Waals surface area contributed by atoms with Gasteiger partial charge < -0.3 is 4.74 Å². The average molecular weight is 663 g/mol. The van der Waals surface area contributed by atoms with Gasteiger partial charge in [-0.05, 0) is 68.1 Å². The number of aromatic nitrogens is 2. The molecule has 9 aromatic rings. The molecule has 3 heteroatoms. The van der Waals surface area contributed by atoms with Crippen molar-refractivity contribution in [3.05, 3.63) is 204 Å². The molecule has 52 heavy (non-hydrogen) atoms. The number of ether oxygens (including phenoxy) is 1. The number of hydrogen-bond donors (Lipinski definition) is 0. The molecule has 2 aliphatic rings. The highest BCUT2D eigenvalue weighted by Gasteiger charge is 2.50. The summed E-state index contributed by atoms with van der Waals surface area (Å²) in [6, 6.07) is 64.7. The Morgan fingerprint density at radius 3 is 1.73 bits per heavy atom. The van der Waals surface area contributed by atoms with Crippen LogP contribution in [-0.4, -0.2) is 9.97 Å². The van der Waals surface area contributed by atoms with Gasteiger partial charge in [0.1, 0.15) is 11.5 Å². The summed E-state index contributed by atoms with van der Waals surface area (Å²) >= 11 is 0. The number of benzene rings is 8. The lowest BCUT2D eigenvalue weighted by molar-refractivity contribution is 0.436. The Balaban J connectivity index is 1.11. The highest BCUT2D eigenvalue weighted by molar-refractivity contribution is 6.08. The Kier molecular flexibility index (Phi) is 6.17. The van der Waals surface area contributed by atoms with Crippen LogP contribution in [0.1, 0.15) is 22.3 Å². The molecular formula is C49H30N2O. The molecule has 0 N–H and O–H groups in total. The maximum Gasteiger partial charge on any atom is 0.160 e. The fourth-order valence-corrected chi connectivity index (χ4v) is 8.65. The molecule has 11 rings (SSSR count). The molecule has 3 nitrogen and oxygen atoms in total.